The molecule has 4 heteroatoms. The van der Waals surface area contributed by atoms with Gasteiger partial charge in [-0.05, 0) is 40.2 Å². The number of rotatable bonds is 3. The van der Waals surface area contributed by atoms with Gasteiger partial charge in [0, 0.05) is 18.6 Å². The van der Waals surface area contributed by atoms with Crippen LogP contribution in [0.5, 0.6) is 0 Å². The molecule has 1 aliphatic heterocycles. The van der Waals surface area contributed by atoms with Gasteiger partial charge in [-0.3, -0.25) is 0 Å². The number of hydrogen-bond donors (Lipinski definition) is 1. The highest BCUT2D eigenvalue weighted by atomic mass is 15.6. The summed E-state index contributed by atoms with van der Waals surface area (Å²) in [5.41, 5.74) is 1.24. The van der Waals surface area contributed by atoms with E-state index in [0.29, 0.717) is 12.1 Å². The maximum Gasteiger partial charge on any atom is 0.114 e. The Kier molecular flexibility index (Phi) is 3.49. The molecule has 0 spiro atoms. The first-order valence-electron chi connectivity index (χ1n) is 6.18. The van der Waals surface area contributed by atoms with Gasteiger partial charge < -0.3 is 10.3 Å². The molecular formula is C12H22N4. The molecule has 1 aromatic heterocycles. The van der Waals surface area contributed by atoms with Gasteiger partial charge in [-0.15, -0.1) is 0 Å². The van der Waals surface area contributed by atoms with Gasteiger partial charge in [-0.25, -0.2) is 9.66 Å². The number of imidazole rings is 1. The number of hydrogen-bond acceptors (Lipinski definition) is 3. The molecule has 2 rings (SSSR count). The van der Waals surface area contributed by atoms with Crippen molar-refractivity contribution in [2.45, 2.75) is 51.7 Å². The first-order chi connectivity index (χ1) is 7.74. The van der Waals surface area contributed by atoms with Gasteiger partial charge in [0.25, 0.3) is 0 Å². The number of piperidine rings is 1. The molecule has 0 aromatic carbocycles. The molecule has 1 saturated heterocycles. The van der Waals surface area contributed by atoms with Gasteiger partial charge in [0.1, 0.15) is 6.33 Å². The minimum Gasteiger partial charge on any atom is -0.314 e. The summed E-state index contributed by atoms with van der Waals surface area (Å²) < 4.78 is 2.23. The van der Waals surface area contributed by atoms with E-state index in [4.69, 9.17) is 0 Å². The molecule has 2 heterocycles. The summed E-state index contributed by atoms with van der Waals surface area (Å²) in [5.74, 6) is 0. The molecule has 1 aliphatic rings. The molecule has 4 nitrogen and oxygen atoms in total. The van der Waals surface area contributed by atoms with Gasteiger partial charge >= 0.3 is 0 Å². The van der Waals surface area contributed by atoms with E-state index in [-0.39, 0.29) is 0 Å². The Bertz CT molecular complexity index is 324. The second kappa shape index (κ2) is 4.87. The maximum atomic E-state index is 4.27. The number of nitrogens with one attached hydrogen (secondary N) is 1. The maximum absolute atomic E-state index is 4.27. The molecule has 0 bridgehead atoms. The van der Waals surface area contributed by atoms with Crippen molar-refractivity contribution in [1.29, 1.82) is 0 Å². The number of nitrogens with zero attached hydrogens (tertiary/aromatic N) is 3. The van der Waals surface area contributed by atoms with Crippen molar-refractivity contribution in [3.8, 4) is 0 Å². The van der Waals surface area contributed by atoms with Crippen molar-refractivity contribution >= 4 is 0 Å². The van der Waals surface area contributed by atoms with Crippen molar-refractivity contribution in [2.75, 3.05) is 12.1 Å². The third-order valence-corrected chi connectivity index (χ3v) is 3.45. The standard InChI is InChI=1S/C12H22N4/c1-10-5-4-6-11(2)16(10)15-9-14-8-12(15)7-13-3/h8-11,13H,4-7H2,1-3H3. The summed E-state index contributed by atoms with van der Waals surface area (Å²) in [6.07, 6.45) is 7.79. The molecule has 1 fully saturated rings. The molecule has 0 radical (unpaired) electrons. The van der Waals surface area contributed by atoms with E-state index in [9.17, 15) is 0 Å². The van der Waals surface area contributed by atoms with Crippen molar-refractivity contribution < 1.29 is 0 Å². The molecule has 16 heavy (non-hydrogen) atoms. The predicted molar refractivity (Wildman–Crippen MR) is 66.0 cm³/mol. The highest BCUT2D eigenvalue weighted by Crippen LogP contribution is 2.21. The Morgan fingerprint density at radius 2 is 2.06 bits per heavy atom. The van der Waals surface area contributed by atoms with Crippen molar-refractivity contribution in [3.63, 3.8) is 0 Å². The normalized spacial score (nSPS) is 26.1. The molecular weight excluding hydrogens is 200 g/mol. The van der Waals surface area contributed by atoms with Crippen LogP contribution in [0.4, 0.5) is 0 Å². The fourth-order valence-electron chi connectivity index (χ4n) is 2.66. The van der Waals surface area contributed by atoms with Crippen LogP contribution in [0, 0.1) is 0 Å². The molecule has 2 atom stereocenters. The molecule has 1 N–H and O–H groups in total. The Morgan fingerprint density at radius 1 is 1.38 bits per heavy atom. The molecule has 2 unspecified atom stereocenters. The fourth-order valence-corrected chi connectivity index (χ4v) is 2.66. The van der Waals surface area contributed by atoms with Crippen LogP contribution in [0.15, 0.2) is 12.5 Å². The minimum atomic E-state index is 0.605. The zero-order valence-electron chi connectivity index (χ0n) is 10.5. The largest absolute Gasteiger partial charge is 0.314 e. The SMILES string of the molecule is CNCc1cncn1N1C(C)CCCC1C. The molecule has 0 aliphatic carbocycles. The monoisotopic (exact) mass is 222 g/mol. The van der Waals surface area contributed by atoms with Crippen LogP contribution in [0.25, 0.3) is 0 Å². The molecule has 0 amide bonds. The van der Waals surface area contributed by atoms with E-state index < -0.39 is 0 Å². The summed E-state index contributed by atoms with van der Waals surface area (Å²) in [5, 5.41) is 5.65. The lowest BCUT2D eigenvalue weighted by molar-refractivity contribution is 0.330. The minimum absolute atomic E-state index is 0.605. The molecule has 90 valence electrons. The summed E-state index contributed by atoms with van der Waals surface area (Å²) in [6, 6.07) is 1.21. The van der Waals surface area contributed by atoms with Crippen LogP contribution in [0.2, 0.25) is 0 Å². The van der Waals surface area contributed by atoms with Crippen LogP contribution in [0.1, 0.15) is 38.8 Å². The summed E-state index contributed by atoms with van der Waals surface area (Å²) >= 11 is 0. The summed E-state index contributed by atoms with van der Waals surface area (Å²) in [6.45, 7) is 5.48. The first-order valence-corrected chi connectivity index (χ1v) is 6.18. The first kappa shape index (κ1) is 11.5. The predicted octanol–water partition coefficient (Wildman–Crippen LogP) is 1.50. The van der Waals surface area contributed by atoms with Gasteiger partial charge in [0.15, 0.2) is 0 Å². The van der Waals surface area contributed by atoms with Crippen LogP contribution >= 0.6 is 0 Å². The van der Waals surface area contributed by atoms with Crippen molar-refractivity contribution in [2.24, 2.45) is 0 Å². The topological polar surface area (TPSA) is 33.1 Å². The lowest BCUT2D eigenvalue weighted by Gasteiger charge is -2.41. The van der Waals surface area contributed by atoms with E-state index in [1.165, 1.54) is 25.0 Å². The van der Waals surface area contributed by atoms with E-state index in [0.717, 1.165) is 6.54 Å². The van der Waals surface area contributed by atoms with E-state index >= 15 is 0 Å². The zero-order valence-corrected chi connectivity index (χ0v) is 10.5. The average Bonchev–Trinajstić information content (AvgIpc) is 2.67. The van der Waals surface area contributed by atoms with Crippen LogP contribution in [-0.2, 0) is 6.54 Å². The van der Waals surface area contributed by atoms with Gasteiger partial charge in [-0.1, -0.05) is 0 Å². The van der Waals surface area contributed by atoms with Crippen LogP contribution < -0.4 is 10.3 Å². The van der Waals surface area contributed by atoms with E-state index in [1.54, 1.807) is 0 Å². The van der Waals surface area contributed by atoms with Gasteiger partial charge in [0.2, 0.25) is 0 Å². The lowest BCUT2D eigenvalue weighted by Crippen LogP contribution is -2.51. The van der Waals surface area contributed by atoms with Crippen molar-refractivity contribution in [3.05, 3.63) is 18.2 Å². The Hall–Kier alpha value is -1.03. The summed E-state index contributed by atoms with van der Waals surface area (Å²) in [7, 11) is 1.97. The zero-order chi connectivity index (χ0) is 11.5. The van der Waals surface area contributed by atoms with Gasteiger partial charge in [0.05, 0.1) is 11.9 Å². The Labute approximate surface area is 97.6 Å². The van der Waals surface area contributed by atoms with E-state index in [1.807, 2.05) is 19.6 Å². The van der Waals surface area contributed by atoms with Crippen LogP contribution in [-0.4, -0.2) is 28.8 Å². The average molecular weight is 222 g/mol. The highest BCUT2D eigenvalue weighted by molar-refractivity contribution is 5.09. The molecule has 1 aromatic rings. The lowest BCUT2D eigenvalue weighted by atomic mass is 10.00. The quantitative estimate of drug-likeness (QED) is 0.841. The number of aromatic nitrogens is 2. The second-order valence-electron chi connectivity index (χ2n) is 4.77. The van der Waals surface area contributed by atoms with Gasteiger partial charge in [-0.2, -0.15) is 0 Å². The third kappa shape index (κ3) is 2.07. The van der Waals surface area contributed by atoms with Crippen molar-refractivity contribution in [1.82, 2.24) is 15.0 Å². The third-order valence-electron chi connectivity index (χ3n) is 3.45. The van der Waals surface area contributed by atoms with E-state index in [2.05, 4.69) is 33.8 Å². The Balaban J connectivity index is 2.23. The second-order valence-corrected chi connectivity index (χ2v) is 4.77. The fraction of sp³-hybridized carbons (Fsp3) is 0.750. The molecule has 0 saturated carbocycles. The Morgan fingerprint density at radius 3 is 2.69 bits per heavy atom. The van der Waals surface area contributed by atoms with Crippen LogP contribution in [0.3, 0.4) is 0 Å². The summed E-state index contributed by atoms with van der Waals surface area (Å²) in [4.78, 5) is 4.27. The smallest absolute Gasteiger partial charge is 0.114 e. The highest BCUT2D eigenvalue weighted by Gasteiger charge is 2.25.